The number of aromatic nitrogens is 4. The van der Waals surface area contributed by atoms with Gasteiger partial charge in [-0.25, -0.2) is 9.97 Å². The molecular formula is C52H32N4. The molecule has 0 aliphatic carbocycles. The van der Waals surface area contributed by atoms with E-state index in [0.29, 0.717) is 5.95 Å². The van der Waals surface area contributed by atoms with E-state index in [1.807, 2.05) is 12.1 Å². The van der Waals surface area contributed by atoms with Gasteiger partial charge in [0.1, 0.15) is 0 Å². The third-order valence-corrected chi connectivity index (χ3v) is 11.5. The molecule has 56 heavy (non-hydrogen) atoms. The highest BCUT2D eigenvalue weighted by Gasteiger charge is 2.21. The van der Waals surface area contributed by atoms with Gasteiger partial charge in [0.15, 0.2) is 0 Å². The van der Waals surface area contributed by atoms with Gasteiger partial charge in [0, 0.05) is 37.9 Å². The van der Waals surface area contributed by atoms with Crippen LogP contribution in [0.4, 0.5) is 0 Å². The van der Waals surface area contributed by atoms with Gasteiger partial charge in [-0.2, -0.15) is 0 Å². The Labute approximate surface area is 322 Å². The second kappa shape index (κ2) is 12.0. The van der Waals surface area contributed by atoms with Crippen molar-refractivity contribution in [1.29, 1.82) is 0 Å². The molecule has 4 heteroatoms. The van der Waals surface area contributed by atoms with Crippen molar-refractivity contribution in [3.63, 3.8) is 0 Å². The Morgan fingerprint density at radius 2 is 0.964 bits per heavy atom. The molecule has 0 aliphatic rings. The zero-order chi connectivity index (χ0) is 36.7. The number of para-hydroxylation sites is 3. The minimum absolute atomic E-state index is 0.660. The van der Waals surface area contributed by atoms with Gasteiger partial charge in [0.25, 0.3) is 0 Å². The van der Waals surface area contributed by atoms with E-state index in [1.54, 1.807) is 0 Å². The normalized spacial score (nSPS) is 11.9. The molecule has 0 saturated heterocycles. The van der Waals surface area contributed by atoms with Crippen LogP contribution in [0, 0.1) is 0 Å². The minimum atomic E-state index is 0.660. The highest BCUT2D eigenvalue weighted by Crippen LogP contribution is 2.44. The van der Waals surface area contributed by atoms with Crippen LogP contribution in [0.25, 0.3) is 110 Å². The molecule has 9 aromatic carbocycles. The summed E-state index contributed by atoms with van der Waals surface area (Å²) in [4.78, 5) is 10.5. The SMILES string of the molecule is c1ccc(-c2nc(-n3c4ccccc4c4cc(-c5cc6c(c7ccccc57)c5ccccc5n6-c5cccc6ccccc56)ccc43)nc3ccccc23)cc1. The van der Waals surface area contributed by atoms with Crippen molar-refractivity contribution in [3.8, 4) is 34.0 Å². The molecule has 0 radical (unpaired) electrons. The predicted molar refractivity (Wildman–Crippen MR) is 234 cm³/mol. The molecule has 3 aromatic heterocycles. The molecule has 0 saturated carbocycles. The van der Waals surface area contributed by atoms with Gasteiger partial charge < -0.3 is 4.57 Å². The van der Waals surface area contributed by atoms with Crippen molar-refractivity contribution in [2.45, 2.75) is 0 Å². The van der Waals surface area contributed by atoms with Crippen LogP contribution in [0.15, 0.2) is 194 Å². The second-order valence-corrected chi connectivity index (χ2v) is 14.6. The monoisotopic (exact) mass is 712 g/mol. The van der Waals surface area contributed by atoms with Gasteiger partial charge in [-0.3, -0.25) is 4.57 Å². The fourth-order valence-corrected chi connectivity index (χ4v) is 9.07. The Bertz CT molecular complexity index is 3530. The number of fused-ring (bicyclic) bond motifs is 10. The summed E-state index contributed by atoms with van der Waals surface area (Å²) in [7, 11) is 0. The summed E-state index contributed by atoms with van der Waals surface area (Å²) < 4.78 is 4.70. The maximum Gasteiger partial charge on any atom is 0.235 e. The van der Waals surface area contributed by atoms with Crippen LogP contribution < -0.4 is 0 Å². The number of hydrogen-bond donors (Lipinski definition) is 0. The molecule has 0 amide bonds. The quantitative estimate of drug-likeness (QED) is 0.182. The highest BCUT2D eigenvalue weighted by molar-refractivity contribution is 6.25. The molecule has 0 aliphatic heterocycles. The predicted octanol–water partition coefficient (Wildman–Crippen LogP) is 13.5. The Balaban J connectivity index is 1.14. The summed E-state index contributed by atoms with van der Waals surface area (Å²) in [6.07, 6.45) is 0. The average molecular weight is 713 g/mol. The van der Waals surface area contributed by atoms with E-state index in [1.165, 1.54) is 54.6 Å². The van der Waals surface area contributed by atoms with Crippen LogP contribution in [-0.4, -0.2) is 19.1 Å². The van der Waals surface area contributed by atoms with Gasteiger partial charge in [-0.15, -0.1) is 0 Å². The first-order chi connectivity index (χ1) is 27.8. The molecule has 0 atom stereocenters. The van der Waals surface area contributed by atoms with Crippen LogP contribution in [0.2, 0.25) is 0 Å². The first-order valence-corrected chi connectivity index (χ1v) is 19.1. The van der Waals surface area contributed by atoms with Crippen molar-refractivity contribution in [2.24, 2.45) is 0 Å². The summed E-state index contributed by atoms with van der Waals surface area (Å²) >= 11 is 0. The third-order valence-electron chi connectivity index (χ3n) is 11.5. The first kappa shape index (κ1) is 30.9. The fraction of sp³-hybridized carbons (Fsp3) is 0. The second-order valence-electron chi connectivity index (χ2n) is 14.6. The van der Waals surface area contributed by atoms with Crippen molar-refractivity contribution in [1.82, 2.24) is 19.1 Å². The summed E-state index contributed by atoms with van der Waals surface area (Å²) in [5, 5.41) is 10.8. The lowest BCUT2D eigenvalue weighted by Crippen LogP contribution is -2.03. The summed E-state index contributed by atoms with van der Waals surface area (Å²) in [5.41, 5.74) is 11.0. The third kappa shape index (κ3) is 4.47. The van der Waals surface area contributed by atoms with E-state index in [-0.39, 0.29) is 0 Å². The van der Waals surface area contributed by atoms with Crippen LogP contribution in [-0.2, 0) is 0 Å². The molecule has 0 N–H and O–H groups in total. The molecule has 4 nitrogen and oxygen atoms in total. The van der Waals surface area contributed by atoms with Crippen molar-refractivity contribution in [3.05, 3.63) is 194 Å². The molecule has 260 valence electrons. The molecule has 0 spiro atoms. The Morgan fingerprint density at radius 3 is 1.80 bits per heavy atom. The standard InChI is InChI=1S/C52H32N4/c1-2-16-34(17-3-1)51-40-23-8-11-25-44(40)53-52(54-51)56-46-26-12-9-21-38(46)43-31-35(29-30-48(43)56)42-32-49-50(39-22-7-6-20-37(39)42)41-24-10-13-27-47(41)55(49)45-28-14-18-33-15-4-5-19-36(33)45/h1-32H. The largest absolute Gasteiger partial charge is 0.309 e. The van der Waals surface area contributed by atoms with Crippen LogP contribution >= 0.6 is 0 Å². The zero-order valence-electron chi connectivity index (χ0n) is 30.3. The number of nitrogens with zero attached hydrogens (tertiary/aromatic N) is 4. The van der Waals surface area contributed by atoms with E-state index in [9.17, 15) is 0 Å². The van der Waals surface area contributed by atoms with Gasteiger partial charge in [0.05, 0.1) is 39.0 Å². The lowest BCUT2D eigenvalue weighted by molar-refractivity contribution is 1.01. The van der Waals surface area contributed by atoms with Crippen molar-refractivity contribution in [2.75, 3.05) is 0 Å². The van der Waals surface area contributed by atoms with E-state index in [0.717, 1.165) is 49.5 Å². The molecule has 12 aromatic rings. The lowest BCUT2D eigenvalue weighted by atomic mass is 9.94. The van der Waals surface area contributed by atoms with Crippen molar-refractivity contribution >= 4 is 76.1 Å². The van der Waals surface area contributed by atoms with Crippen LogP contribution in [0.1, 0.15) is 0 Å². The smallest absolute Gasteiger partial charge is 0.235 e. The summed E-state index contributed by atoms with van der Waals surface area (Å²) in [6, 6.07) is 69.7. The van der Waals surface area contributed by atoms with Gasteiger partial charge in [0.2, 0.25) is 5.95 Å². The zero-order valence-corrected chi connectivity index (χ0v) is 30.3. The van der Waals surface area contributed by atoms with Crippen molar-refractivity contribution < 1.29 is 0 Å². The number of benzene rings is 9. The van der Waals surface area contributed by atoms with E-state index in [4.69, 9.17) is 9.97 Å². The first-order valence-electron chi connectivity index (χ1n) is 19.1. The van der Waals surface area contributed by atoms with E-state index < -0.39 is 0 Å². The minimum Gasteiger partial charge on any atom is -0.309 e. The van der Waals surface area contributed by atoms with Crippen LogP contribution in [0.3, 0.4) is 0 Å². The Morgan fingerprint density at radius 1 is 0.339 bits per heavy atom. The molecule has 0 unspecified atom stereocenters. The molecule has 0 bridgehead atoms. The molecule has 12 rings (SSSR count). The highest BCUT2D eigenvalue weighted by atomic mass is 15.2. The lowest BCUT2D eigenvalue weighted by Gasteiger charge is -2.14. The topological polar surface area (TPSA) is 35.6 Å². The summed E-state index contributed by atoms with van der Waals surface area (Å²) in [5.74, 6) is 0.660. The van der Waals surface area contributed by atoms with Gasteiger partial charge in [-0.05, 0) is 69.8 Å². The number of rotatable bonds is 4. The average Bonchev–Trinajstić information content (AvgIpc) is 3.78. The van der Waals surface area contributed by atoms with E-state index >= 15 is 0 Å². The molecule has 3 heterocycles. The summed E-state index contributed by atoms with van der Waals surface area (Å²) in [6.45, 7) is 0. The van der Waals surface area contributed by atoms with E-state index in [2.05, 4.69) is 191 Å². The van der Waals surface area contributed by atoms with Crippen LogP contribution in [0.5, 0.6) is 0 Å². The maximum atomic E-state index is 5.30. The Kier molecular flexibility index (Phi) is 6.60. The fourth-order valence-electron chi connectivity index (χ4n) is 9.07. The van der Waals surface area contributed by atoms with Gasteiger partial charge in [-0.1, -0.05) is 152 Å². The number of hydrogen-bond acceptors (Lipinski definition) is 2. The maximum absolute atomic E-state index is 5.30. The molecule has 0 fully saturated rings. The van der Waals surface area contributed by atoms with Gasteiger partial charge >= 0.3 is 0 Å². The Hall–Kier alpha value is -7.56. The molecular weight excluding hydrogens is 681 g/mol.